The lowest BCUT2D eigenvalue weighted by Crippen LogP contribution is -2.51. The van der Waals surface area contributed by atoms with Gasteiger partial charge in [0.2, 0.25) is 0 Å². The first kappa shape index (κ1) is 16.9. The van der Waals surface area contributed by atoms with E-state index in [-0.39, 0.29) is 12.6 Å². The highest BCUT2D eigenvalue weighted by atomic mass is 79.9. The van der Waals surface area contributed by atoms with Crippen molar-refractivity contribution in [2.24, 2.45) is 0 Å². The molecule has 0 saturated carbocycles. The molecule has 1 amide bonds. The fraction of sp³-hybridized carbons (Fsp3) is 0.429. The van der Waals surface area contributed by atoms with E-state index in [0.717, 1.165) is 0 Å². The first-order valence-corrected chi connectivity index (χ1v) is 7.80. The van der Waals surface area contributed by atoms with Crippen LogP contribution in [0.4, 0.5) is 10.5 Å². The number of piperidine rings is 1. The number of nitriles is 1. The highest BCUT2D eigenvalue weighted by Crippen LogP contribution is 2.33. The van der Waals surface area contributed by atoms with Crippen molar-refractivity contribution in [3.8, 4) is 6.07 Å². The third-order valence-electron chi connectivity index (χ3n) is 3.51. The van der Waals surface area contributed by atoms with Gasteiger partial charge in [-0.2, -0.15) is 5.26 Å². The SMILES string of the molecule is COC(=O)N1CCC(Nc2cc(C#N)cc(Br)c2Cl)C(O)C1. The Bertz CT molecular complexity index is 620. The summed E-state index contributed by atoms with van der Waals surface area (Å²) in [6.45, 7) is 0.652. The number of benzene rings is 1. The van der Waals surface area contributed by atoms with Gasteiger partial charge >= 0.3 is 6.09 Å². The molecule has 1 aromatic carbocycles. The number of nitrogens with one attached hydrogen (secondary N) is 1. The topological polar surface area (TPSA) is 85.6 Å². The third-order valence-corrected chi connectivity index (χ3v) is 4.77. The van der Waals surface area contributed by atoms with Gasteiger partial charge in [0, 0.05) is 11.0 Å². The van der Waals surface area contributed by atoms with Gasteiger partial charge in [0.15, 0.2) is 0 Å². The molecule has 1 fully saturated rings. The molecule has 1 aliphatic heterocycles. The van der Waals surface area contributed by atoms with E-state index in [1.54, 1.807) is 12.1 Å². The number of methoxy groups -OCH3 is 1. The molecule has 0 spiro atoms. The predicted octanol–water partition coefficient (Wildman–Crippen LogP) is 2.59. The van der Waals surface area contributed by atoms with E-state index in [4.69, 9.17) is 16.9 Å². The summed E-state index contributed by atoms with van der Waals surface area (Å²) in [5.41, 5.74) is 1.03. The summed E-state index contributed by atoms with van der Waals surface area (Å²) in [7, 11) is 1.31. The van der Waals surface area contributed by atoms with Gasteiger partial charge in [-0.3, -0.25) is 0 Å². The Morgan fingerprint density at radius 1 is 1.64 bits per heavy atom. The van der Waals surface area contributed by atoms with E-state index in [1.807, 2.05) is 0 Å². The van der Waals surface area contributed by atoms with E-state index in [1.165, 1.54) is 12.0 Å². The van der Waals surface area contributed by atoms with Crippen molar-refractivity contribution in [3.63, 3.8) is 0 Å². The van der Waals surface area contributed by atoms with Crippen molar-refractivity contribution < 1.29 is 14.6 Å². The Hall–Kier alpha value is -1.49. The van der Waals surface area contributed by atoms with Crippen LogP contribution in [0.25, 0.3) is 0 Å². The van der Waals surface area contributed by atoms with Gasteiger partial charge in [-0.05, 0) is 34.5 Å². The van der Waals surface area contributed by atoms with E-state index < -0.39 is 12.2 Å². The van der Waals surface area contributed by atoms with Gasteiger partial charge in [-0.1, -0.05) is 11.6 Å². The molecule has 2 unspecified atom stereocenters. The number of carbonyl (C=O) groups excluding carboxylic acids is 1. The summed E-state index contributed by atoms with van der Waals surface area (Å²) in [5, 5.41) is 22.8. The molecular formula is C14H15BrClN3O3. The maximum atomic E-state index is 11.5. The minimum atomic E-state index is -0.756. The number of rotatable bonds is 2. The minimum Gasteiger partial charge on any atom is -0.453 e. The van der Waals surface area contributed by atoms with Crippen LogP contribution < -0.4 is 5.32 Å². The number of β-amino-alcohol motifs (C(OH)–C–C–N with tert-alkyl or cyclic N) is 1. The van der Waals surface area contributed by atoms with Crippen LogP contribution in [0.1, 0.15) is 12.0 Å². The van der Waals surface area contributed by atoms with Crippen LogP contribution in [0.5, 0.6) is 0 Å². The molecule has 0 radical (unpaired) electrons. The molecule has 1 aliphatic rings. The average Bonchev–Trinajstić information content (AvgIpc) is 2.52. The summed E-state index contributed by atoms with van der Waals surface area (Å²) in [6.07, 6.45) is -0.667. The number of aliphatic hydroxyl groups is 1. The van der Waals surface area contributed by atoms with Gasteiger partial charge < -0.3 is 20.1 Å². The molecular weight excluding hydrogens is 374 g/mol. The van der Waals surface area contributed by atoms with Crippen molar-refractivity contribution in [1.82, 2.24) is 4.90 Å². The zero-order valence-corrected chi connectivity index (χ0v) is 14.2. The lowest BCUT2D eigenvalue weighted by Gasteiger charge is -2.36. The molecule has 2 atom stereocenters. The van der Waals surface area contributed by atoms with Gasteiger partial charge in [0.1, 0.15) is 0 Å². The lowest BCUT2D eigenvalue weighted by atomic mass is 10.0. The van der Waals surface area contributed by atoms with Crippen LogP contribution in [0, 0.1) is 11.3 Å². The molecule has 2 N–H and O–H groups in total. The van der Waals surface area contributed by atoms with Crippen LogP contribution in [-0.4, -0.2) is 48.4 Å². The first-order chi connectivity index (χ1) is 10.5. The predicted molar refractivity (Wildman–Crippen MR) is 85.9 cm³/mol. The molecule has 1 heterocycles. The number of hydrogen-bond acceptors (Lipinski definition) is 5. The highest BCUT2D eigenvalue weighted by Gasteiger charge is 2.31. The molecule has 8 heteroatoms. The number of nitrogens with zero attached hydrogens (tertiary/aromatic N) is 2. The molecule has 6 nitrogen and oxygen atoms in total. The summed E-state index contributed by atoms with van der Waals surface area (Å²) in [6, 6.07) is 5.05. The van der Waals surface area contributed by atoms with Crippen LogP contribution in [0.15, 0.2) is 16.6 Å². The van der Waals surface area contributed by atoms with Crippen LogP contribution in [-0.2, 0) is 4.74 Å². The Balaban J connectivity index is 2.11. The van der Waals surface area contributed by atoms with Gasteiger partial charge in [0.25, 0.3) is 0 Å². The van der Waals surface area contributed by atoms with E-state index in [2.05, 4.69) is 32.1 Å². The van der Waals surface area contributed by atoms with Crippen LogP contribution in [0.3, 0.4) is 0 Å². The number of anilines is 1. The Morgan fingerprint density at radius 2 is 2.36 bits per heavy atom. The zero-order valence-electron chi connectivity index (χ0n) is 11.8. The molecule has 1 saturated heterocycles. The first-order valence-electron chi connectivity index (χ1n) is 6.63. The fourth-order valence-electron chi connectivity index (χ4n) is 2.35. The van der Waals surface area contributed by atoms with E-state index in [0.29, 0.717) is 33.7 Å². The van der Waals surface area contributed by atoms with Gasteiger partial charge in [-0.25, -0.2) is 4.79 Å². The second-order valence-electron chi connectivity index (χ2n) is 4.95. The second-order valence-corrected chi connectivity index (χ2v) is 6.19. The standard InChI is InChI=1S/C14H15BrClN3O3/c1-22-14(21)19-3-2-10(12(20)7-19)18-11-5-8(6-17)4-9(15)13(11)16/h4-5,10,12,18,20H,2-3,7H2,1H3. The number of hydrogen-bond donors (Lipinski definition) is 2. The molecule has 2 rings (SSSR count). The maximum absolute atomic E-state index is 11.5. The Labute approximate surface area is 141 Å². The number of amides is 1. The van der Waals surface area contributed by atoms with Crippen LogP contribution >= 0.6 is 27.5 Å². The van der Waals surface area contributed by atoms with Crippen molar-refractivity contribution in [1.29, 1.82) is 5.26 Å². The number of carbonyl (C=O) groups is 1. The third kappa shape index (κ3) is 3.64. The highest BCUT2D eigenvalue weighted by molar-refractivity contribution is 9.10. The van der Waals surface area contributed by atoms with Crippen molar-refractivity contribution in [3.05, 3.63) is 27.2 Å². The maximum Gasteiger partial charge on any atom is 0.409 e. The quantitative estimate of drug-likeness (QED) is 0.813. The lowest BCUT2D eigenvalue weighted by molar-refractivity contribution is 0.0504. The second kappa shape index (κ2) is 7.18. The van der Waals surface area contributed by atoms with Crippen molar-refractivity contribution in [2.45, 2.75) is 18.6 Å². The largest absolute Gasteiger partial charge is 0.453 e. The molecule has 0 aromatic heterocycles. The summed E-state index contributed by atoms with van der Waals surface area (Å²) >= 11 is 9.51. The van der Waals surface area contributed by atoms with Crippen molar-refractivity contribution in [2.75, 3.05) is 25.5 Å². The normalized spacial score (nSPS) is 21.1. The van der Waals surface area contributed by atoms with Crippen LogP contribution in [0.2, 0.25) is 5.02 Å². The minimum absolute atomic E-state index is 0.182. The number of halogens is 2. The van der Waals surface area contributed by atoms with Gasteiger partial charge in [-0.15, -0.1) is 0 Å². The zero-order chi connectivity index (χ0) is 16.3. The Morgan fingerprint density at radius 3 is 2.95 bits per heavy atom. The smallest absolute Gasteiger partial charge is 0.409 e. The van der Waals surface area contributed by atoms with Crippen molar-refractivity contribution >= 4 is 39.3 Å². The molecule has 0 bridgehead atoms. The van der Waals surface area contributed by atoms with E-state index >= 15 is 0 Å². The summed E-state index contributed by atoms with van der Waals surface area (Å²) < 4.78 is 5.26. The fourth-order valence-corrected chi connectivity index (χ4v) is 2.98. The summed E-state index contributed by atoms with van der Waals surface area (Å²) in [4.78, 5) is 12.9. The van der Waals surface area contributed by atoms with E-state index in [9.17, 15) is 9.90 Å². The molecule has 1 aromatic rings. The number of likely N-dealkylation sites (tertiary alicyclic amines) is 1. The molecule has 22 heavy (non-hydrogen) atoms. The molecule has 118 valence electrons. The van der Waals surface area contributed by atoms with Gasteiger partial charge in [0.05, 0.1) is 48.1 Å². The average molecular weight is 389 g/mol. The number of aliphatic hydroxyl groups excluding tert-OH is 1. The molecule has 0 aliphatic carbocycles. The monoisotopic (exact) mass is 387 g/mol. The number of ether oxygens (including phenoxy) is 1. The summed E-state index contributed by atoms with van der Waals surface area (Å²) in [5.74, 6) is 0. The Kier molecular flexibility index (Phi) is 5.51.